The van der Waals surface area contributed by atoms with Crippen molar-refractivity contribution >= 4 is 5.69 Å². The minimum Gasteiger partial charge on any atom is -0.508 e. The van der Waals surface area contributed by atoms with E-state index in [9.17, 15) is 5.11 Å². The molecule has 0 amide bonds. The van der Waals surface area contributed by atoms with Crippen molar-refractivity contribution in [1.29, 1.82) is 0 Å². The number of phenolic OH excluding ortho intramolecular Hbond substituents is 1. The fraction of sp³-hybridized carbons (Fsp3) is 0.667. The maximum Gasteiger partial charge on any atom is 0.116 e. The number of anilines is 1. The molecule has 6 unspecified atom stereocenters. The third kappa shape index (κ3) is 1.90. The molecule has 2 N–H and O–H groups in total. The van der Waals surface area contributed by atoms with Gasteiger partial charge in [0, 0.05) is 24.2 Å². The van der Waals surface area contributed by atoms with Crippen molar-refractivity contribution in [3.05, 3.63) is 23.8 Å². The number of rotatable bonds is 0. The Labute approximate surface area is 127 Å². The summed E-state index contributed by atoms with van der Waals surface area (Å²) in [5.41, 5.74) is 2.58. The summed E-state index contributed by atoms with van der Waals surface area (Å²) in [6.07, 6.45) is 1.33. The molecule has 2 fully saturated rings. The van der Waals surface area contributed by atoms with Crippen LogP contribution in [0.2, 0.25) is 0 Å². The zero-order chi connectivity index (χ0) is 14.7. The van der Waals surface area contributed by atoms with Crippen LogP contribution in [0.1, 0.15) is 31.7 Å². The Morgan fingerprint density at radius 1 is 1.19 bits per heavy atom. The Kier molecular flexibility index (Phi) is 2.97. The van der Waals surface area contributed by atoms with Crippen molar-refractivity contribution in [2.75, 3.05) is 25.5 Å². The lowest BCUT2D eigenvalue weighted by Gasteiger charge is -2.52. The molecule has 6 atom stereocenters. The molecular weight excluding hydrogens is 260 g/mol. The molecule has 0 bridgehead atoms. The third-order valence-corrected chi connectivity index (χ3v) is 6.50. The fourth-order valence-corrected chi connectivity index (χ4v) is 5.40. The first-order valence-electron chi connectivity index (χ1n) is 8.34. The molecule has 3 nitrogen and oxygen atoms in total. The van der Waals surface area contributed by atoms with E-state index in [0.29, 0.717) is 29.5 Å². The summed E-state index contributed by atoms with van der Waals surface area (Å²) in [6, 6.07) is 6.39. The number of nitrogens with zero attached hydrogens (tertiary/aromatic N) is 1. The number of hydrogen-bond acceptors (Lipinski definition) is 3. The molecule has 3 aliphatic rings. The first-order chi connectivity index (χ1) is 10.1. The van der Waals surface area contributed by atoms with Gasteiger partial charge in [0.25, 0.3) is 0 Å². The van der Waals surface area contributed by atoms with Crippen LogP contribution in [0.3, 0.4) is 0 Å². The lowest BCUT2D eigenvalue weighted by molar-refractivity contribution is 0.0124. The van der Waals surface area contributed by atoms with Gasteiger partial charge in [-0.2, -0.15) is 0 Å². The van der Waals surface area contributed by atoms with E-state index in [0.717, 1.165) is 11.8 Å². The maximum atomic E-state index is 9.88. The van der Waals surface area contributed by atoms with Crippen LogP contribution < -0.4 is 5.32 Å². The van der Waals surface area contributed by atoms with E-state index < -0.39 is 0 Å². The molecule has 1 saturated carbocycles. The second-order valence-electron chi connectivity index (χ2n) is 7.56. The molecule has 2 aliphatic heterocycles. The summed E-state index contributed by atoms with van der Waals surface area (Å²) in [6.45, 7) is 7.34. The standard InChI is InChI=1S/C18H26N2O/c1-10-15-9-20(3)7-6-13(15)11(2)18-17(10)14-8-12(21)4-5-16(14)19-18/h4-5,8,10-11,13,15,17-19,21H,6-7,9H2,1-3H3. The zero-order valence-electron chi connectivity index (χ0n) is 13.2. The molecule has 4 rings (SSSR count). The van der Waals surface area contributed by atoms with Gasteiger partial charge in [-0.1, -0.05) is 13.8 Å². The van der Waals surface area contributed by atoms with Crippen LogP contribution >= 0.6 is 0 Å². The molecule has 0 radical (unpaired) electrons. The van der Waals surface area contributed by atoms with Crippen molar-refractivity contribution < 1.29 is 5.11 Å². The molecule has 1 aliphatic carbocycles. The average molecular weight is 286 g/mol. The molecule has 1 saturated heterocycles. The minimum absolute atomic E-state index is 0.402. The van der Waals surface area contributed by atoms with Crippen molar-refractivity contribution in [2.45, 2.75) is 32.2 Å². The van der Waals surface area contributed by atoms with Gasteiger partial charge in [-0.25, -0.2) is 0 Å². The molecule has 2 heterocycles. The quantitative estimate of drug-likeness (QED) is 0.719. The SMILES string of the molecule is CC1C2CCN(C)CC2C(C)C2c3cc(O)ccc3NC12. The summed E-state index contributed by atoms with van der Waals surface area (Å²) in [4.78, 5) is 2.50. The van der Waals surface area contributed by atoms with Crippen LogP contribution in [-0.4, -0.2) is 36.2 Å². The van der Waals surface area contributed by atoms with Crippen LogP contribution in [0.4, 0.5) is 5.69 Å². The van der Waals surface area contributed by atoms with Crippen LogP contribution in [0.15, 0.2) is 18.2 Å². The summed E-state index contributed by atoms with van der Waals surface area (Å²) < 4.78 is 0. The van der Waals surface area contributed by atoms with E-state index >= 15 is 0 Å². The maximum absolute atomic E-state index is 9.88. The number of nitrogens with one attached hydrogen (secondary N) is 1. The highest BCUT2D eigenvalue weighted by Gasteiger charge is 2.51. The van der Waals surface area contributed by atoms with Crippen molar-refractivity contribution in [3.8, 4) is 5.75 Å². The normalized spacial score (nSPS) is 41.9. The first-order valence-corrected chi connectivity index (χ1v) is 8.34. The van der Waals surface area contributed by atoms with Crippen LogP contribution in [-0.2, 0) is 0 Å². The molecule has 0 aromatic heterocycles. The van der Waals surface area contributed by atoms with Gasteiger partial charge < -0.3 is 15.3 Å². The molecule has 1 aromatic carbocycles. The number of fused-ring (bicyclic) bond motifs is 4. The van der Waals surface area contributed by atoms with Crippen LogP contribution in [0.5, 0.6) is 5.75 Å². The van der Waals surface area contributed by atoms with E-state index in [1.807, 2.05) is 6.07 Å². The van der Waals surface area contributed by atoms with Gasteiger partial charge >= 0.3 is 0 Å². The Bertz CT molecular complexity index is 558. The van der Waals surface area contributed by atoms with E-state index in [4.69, 9.17) is 0 Å². The second-order valence-corrected chi connectivity index (χ2v) is 7.56. The number of likely N-dealkylation sites (tertiary alicyclic amines) is 1. The summed E-state index contributed by atoms with van der Waals surface area (Å²) in [5, 5.41) is 13.6. The highest BCUT2D eigenvalue weighted by molar-refractivity contribution is 5.62. The molecule has 1 aromatic rings. The summed E-state index contributed by atoms with van der Waals surface area (Å²) in [7, 11) is 2.26. The lowest BCUT2D eigenvalue weighted by atomic mass is 9.58. The van der Waals surface area contributed by atoms with E-state index in [2.05, 4.69) is 37.2 Å². The van der Waals surface area contributed by atoms with Gasteiger partial charge in [0.1, 0.15) is 5.75 Å². The fourth-order valence-electron chi connectivity index (χ4n) is 5.40. The number of piperidine rings is 1. The smallest absolute Gasteiger partial charge is 0.116 e. The largest absolute Gasteiger partial charge is 0.508 e. The average Bonchev–Trinajstić information content (AvgIpc) is 2.83. The molecule has 0 spiro atoms. The van der Waals surface area contributed by atoms with Crippen molar-refractivity contribution in [2.24, 2.45) is 23.7 Å². The number of aromatic hydroxyl groups is 1. The summed E-state index contributed by atoms with van der Waals surface area (Å²) >= 11 is 0. The molecular formula is C18H26N2O. The third-order valence-electron chi connectivity index (χ3n) is 6.50. The van der Waals surface area contributed by atoms with Gasteiger partial charge in [0.15, 0.2) is 0 Å². The highest BCUT2D eigenvalue weighted by Crippen LogP contribution is 2.55. The van der Waals surface area contributed by atoms with E-state index in [1.54, 1.807) is 6.07 Å². The van der Waals surface area contributed by atoms with E-state index in [-0.39, 0.29) is 0 Å². The van der Waals surface area contributed by atoms with Gasteiger partial charge in [-0.05, 0) is 67.4 Å². The monoisotopic (exact) mass is 286 g/mol. The topological polar surface area (TPSA) is 35.5 Å². The second kappa shape index (κ2) is 4.64. The lowest BCUT2D eigenvalue weighted by Crippen LogP contribution is -2.53. The Hall–Kier alpha value is -1.22. The number of phenols is 1. The van der Waals surface area contributed by atoms with Crippen LogP contribution in [0, 0.1) is 23.7 Å². The number of hydrogen-bond donors (Lipinski definition) is 2. The van der Waals surface area contributed by atoms with Gasteiger partial charge in [0.2, 0.25) is 0 Å². The van der Waals surface area contributed by atoms with E-state index in [1.165, 1.54) is 30.8 Å². The Morgan fingerprint density at radius 2 is 2.00 bits per heavy atom. The highest BCUT2D eigenvalue weighted by atomic mass is 16.3. The van der Waals surface area contributed by atoms with Gasteiger partial charge in [-0.15, -0.1) is 0 Å². The van der Waals surface area contributed by atoms with Crippen molar-refractivity contribution in [1.82, 2.24) is 4.90 Å². The van der Waals surface area contributed by atoms with Crippen molar-refractivity contribution in [3.63, 3.8) is 0 Å². The molecule has 3 heteroatoms. The minimum atomic E-state index is 0.402. The molecule has 114 valence electrons. The van der Waals surface area contributed by atoms with Gasteiger partial charge in [-0.3, -0.25) is 0 Å². The molecule has 21 heavy (non-hydrogen) atoms. The van der Waals surface area contributed by atoms with Crippen LogP contribution in [0.25, 0.3) is 0 Å². The Morgan fingerprint density at radius 3 is 2.81 bits per heavy atom. The zero-order valence-corrected chi connectivity index (χ0v) is 13.2. The summed E-state index contributed by atoms with van der Waals surface area (Å²) in [5.74, 6) is 3.96. The number of benzene rings is 1. The Balaban J connectivity index is 1.73. The first kappa shape index (κ1) is 13.4. The predicted molar refractivity (Wildman–Crippen MR) is 85.7 cm³/mol. The predicted octanol–water partition coefficient (Wildman–Crippen LogP) is 3.12. The van der Waals surface area contributed by atoms with Gasteiger partial charge in [0.05, 0.1) is 0 Å².